The van der Waals surface area contributed by atoms with Crippen molar-refractivity contribution in [1.29, 1.82) is 0 Å². The molecule has 0 aromatic carbocycles. The first kappa shape index (κ1) is 17.1. The molecule has 1 aromatic rings. The number of hydrogen-bond acceptors (Lipinski definition) is 6. The van der Waals surface area contributed by atoms with E-state index in [0.29, 0.717) is 49.3 Å². The number of hydrazone groups is 1. The van der Waals surface area contributed by atoms with Crippen LogP contribution >= 0.6 is 12.2 Å². The molecule has 2 heterocycles. The number of thiocarbonyl (C=S) groups is 1. The van der Waals surface area contributed by atoms with Crippen LogP contribution in [0, 0.1) is 0 Å². The van der Waals surface area contributed by atoms with E-state index in [2.05, 4.69) is 20.5 Å². The molecule has 1 aliphatic rings. The second-order valence-corrected chi connectivity index (χ2v) is 5.26. The Balaban J connectivity index is 1.82. The first-order valence-electron chi connectivity index (χ1n) is 7.39. The maximum absolute atomic E-state index is 11.6. The zero-order valence-electron chi connectivity index (χ0n) is 13.2. The molecule has 1 N–H and O–H groups in total. The molecule has 0 spiro atoms. The van der Waals surface area contributed by atoms with E-state index in [1.54, 1.807) is 30.4 Å². The molecule has 1 amide bonds. The first-order valence-corrected chi connectivity index (χ1v) is 7.80. The number of hydrogen-bond donors (Lipinski definition) is 1. The van der Waals surface area contributed by atoms with Crippen molar-refractivity contribution in [2.75, 3.05) is 32.8 Å². The van der Waals surface area contributed by atoms with Crippen LogP contribution in [-0.4, -0.2) is 69.5 Å². The van der Waals surface area contributed by atoms with Gasteiger partial charge in [0, 0.05) is 38.6 Å². The molecule has 1 aliphatic heterocycles. The number of carbonyl (C=O) groups is 1. The first-order chi connectivity index (χ1) is 11.1. The van der Waals surface area contributed by atoms with Gasteiger partial charge < -0.3 is 14.5 Å². The Labute approximate surface area is 140 Å². The van der Waals surface area contributed by atoms with E-state index in [4.69, 9.17) is 17.0 Å². The van der Waals surface area contributed by atoms with Crippen LogP contribution in [0.3, 0.4) is 0 Å². The van der Waals surface area contributed by atoms with Gasteiger partial charge in [-0.25, -0.2) is 4.79 Å². The number of piperazine rings is 1. The predicted octanol–water partition coefficient (Wildman–Crippen LogP) is 0.849. The Morgan fingerprint density at radius 3 is 2.65 bits per heavy atom. The second kappa shape index (κ2) is 8.37. The van der Waals surface area contributed by atoms with Gasteiger partial charge in [-0.1, -0.05) is 0 Å². The number of carbonyl (C=O) groups excluding carboxylic acids is 1. The van der Waals surface area contributed by atoms with Gasteiger partial charge in [-0.2, -0.15) is 5.10 Å². The summed E-state index contributed by atoms with van der Waals surface area (Å²) >= 11 is 5.33. The van der Waals surface area contributed by atoms with Crippen molar-refractivity contribution in [3.05, 3.63) is 24.3 Å². The van der Waals surface area contributed by atoms with Crippen molar-refractivity contribution in [2.24, 2.45) is 5.10 Å². The van der Waals surface area contributed by atoms with Crippen LogP contribution in [0.2, 0.25) is 0 Å². The third-order valence-electron chi connectivity index (χ3n) is 3.35. The van der Waals surface area contributed by atoms with Crippen molar-refractivity contribution >= 4 is 29.1 Å². The Morgan fingerprint density at radius 1 is 1.35 bits per heavy atom. The lowest BCUT2D eigenvalue weighted by molar-refractivity contribution is 0.0919. The van der Waals surface area contributed by atoms with Gasteiger partial charge in [-0.3, -0.25) is 15.4 Å². The number of amides is 1. The van der Waals surface area contributed by atoms with E-state index in [9.17, 15) is 4.79 Å². The maximum atomic E-state index is 11.6. The van der Waals surface area contributed by atoms with E-state index >= 15 is 0 Å². The number of rotatable bonds is 3. The highest BCUT2D eigenvalue weighted by Gasteiger charge is 2.23. The number of nitrogens with zero attached hydrogens (tertiary/aromatic N) is 5. The van der Waals surface area contributed by atoms with Crippen molar-refractivity contribution in [1.82, 2.24) is 25.2 Å². The maximum Gasteiger partial charge on any atom is 0.409 e. The lowest BCUT2D eigenvalue weighted by atomic mass is 10.3. The Morgan fingerprint density at radius 2 is 2.04 bits per heavy atom. The topological polar surface area (TPSA) is 83.0 Å². The van der Waals surface area contributed by atoms with E-state index in [1.807, 2.05) is 11.8 Å². The highest BCUT2D eigenvalue weighted by molar-refractivity contribution is 7.80. The minimum atomic E-state index is -0.275. The molecule has 0 saturated carbocycles. The van der Waals surface area contributed by atoms with Gasteiger partial charge in [0.1, 0.15) is 5.69 Å². The quantitative estimate of drug-likeness (QED) is 0.498. The molecule has 124 valence electrons. The molecule has 0 bridgehead atoms. The van der Waals surface area contributed by atoms with E-state index < -0.39 is 0 Å². The molecular weight excluding hydrogens is 316 g/mol. The summed E-state index contributed by atoms with van der Waals surface area (Å²) in [6, 6.07) is 0. The zero-order valence-corrected chi connectivity index (χ0v) is 14.0. The third-order valence-corrected chi connectivity index (χ3v) is 3.70. The van der Waals surface area contributed by atoms with Crippen LogP contribution in [0.1, 0.15) is 19.5 Å². The molecule has 9 heteroatoms. The molecule has 1 saturated heterocycles. The summed E-state index contributed by atoms with van der Waals surface area (Å²) in [5, 5.41) is 4.75. The molecule has 0 unspecified atom stereocenters. The standard InChI is InChI=1S/C14H20N6O2S/c1-3-22-14(21)20-8-6-19(7-9-20)13(23)18-17-11(2)12-10-15-4-5-16-12/h4-5,10H,3,6-9H2,1-2H3,(H,18,23). The minimum absolute atomic E-state index is 0.275. The molecular formula is C14H20N6O2S. The van der Waals surface area contributed by atoms with Crippen molar-refractivity contribution in [3.8, 4) is 0 Å². The Bertz CT molecular complexity index is 572. The summed E-state index contributed by atoms with van der Waals surface area (Å²) in [6.07, 6.45) is 4.59. The van der Waals surface area contributed by atoms with Gasteiger partial charge in [0.05, 0.1) is 18.5 Å². The fourth-order valence-electron chi connectivity index (χ4n) is 2.05. The Hall–Kier alpha value is -2.29. The van der Waals surface area contributed by atoms with E-state index in [0.717, 1.165) is 0 Å². The molecule has 0 aliphatic carbocycles. The number of aromatic nitrogens is 2. The largest absolute Gasteiger partial charge is 0.450 e. The fourth-order valence-corrected chi connectivity index (χ4v) is 2.28. The van der Waals surface area contributed by atoms with Crippen LogP contribution in [0.4, 0.5) is 4.79 Å². The summed E-state index contributed by atoms with van der Waals surface area (Å²) in [7, 11) is 0. The van der Waals surface area contributed by atoms with Crippen LogP contribution in [0.25, 0.3) is 0 Å². The summed E-state index contributed by atoms with van der Waals surface area (Å²) < 4.78 is 4.99. The fraction of sp³-hybridized carbons (Fsp3) is 0.500. The molecule has 23 heavy (non-hydrogen) atoms. The van der Waals surface area contributed by atoms with Gasteiger partial charge in [0.15, 0.2) is 5.11 Å². The van der Waals surface area contributed by atoms with E-state index in [1.165, 1.54) is 0 Å². The normalized spacial score (nSPS) is 15.3. The second-order valence-electron chi connectivity index (χ2n) is 4.88. The van der Waals surface area contributed by atoms with Crippen LogP contribution in [0.5, 0.6) is 0 Å². The van der Waals surface area contributed by atoms with E-state index in [-0.39, 0.29) is 6.09 Å². The zero-order chi connectivity index (χ0) is 16.7. The van der Waals surface area contributed by atoms with Gasteiger partial charge in [0.25, 0.3) is 0 Å². The number of ether oxygens (including phenoxy) is 1. The molecule has 8 nitrogen and oxygen atoms in total. The van der Waals surface area contributed by atoms with Gasteiger partial charge in [0.2, 0.25) is 0 Å². The molecule has 0 atom stereocenters. The average Bonchev–Trinajstić information content (AvgIpc) is 2.60. The summed E-state index contributed by atoms with van der Waals surface area (Å²) in [4.78, 5) is 23.5. The number of nitrogens with one attached hydrogen (secondary N) is 1. The molecule has 0 radical (unpaired) electrons. The van der Waals surface area contributed by atoms with Crippen molar-refractivity contribution < 1.29 is 9.53 Å². The summed E-state index contributed by atoms with van der Waals surface area (Å²) in [6.45, 7) is 6.45. The van der Waals surface area contributed by atoms with Crippen molar-refractivity contribution in [3.63, 3.8) is 0 Å². The monoisotopic (exact) mass is 336 g/mol. The summed E-state index contributed by atoms with van der Waals surface area (Å²) in [5.74, 6) is 0. The average molecular weight is 336 g/mol. The van der Waals surface area contributed by atoms with Gasteiger partial charge >= 0.3 is 6.09 Å². The molecule has 1 aromatic heterocycles. The minimum Gasteiger partial charge on any atom is -0.450 e. The summed E-state index contributed by atoms with van der Waals surface area (Å²) in [5.41, 5.74) is 4.25. The van der Waals surface area contributed by atoms with Crippen LogP contribution in [-0.2, 0) is 4.74 Å². The Kier molecular flexibility index (Phi) is 6.21. The predicted molar refractivity (Wildman–Crippen MR) is 90.1 cm³/mol. The SMILES string of the molecule is CCOC(=O)N1CCN(C(=S)NN=C(C)c2cnccn2)CC1. The lowest BCUT2D eigenvalue weighted by Gasteiger charge is -2.34. The highest BCUT2D eigenvalue weighted by Crippen LogP contribution is 2.04. The highest BCUT2D eigenvalue weighted by atomic mass is 32.1. The van der Waals surface area contributed by atoms with Gasteiger partial charge in [-0.15, -0.1) is 0 Å². The lowest BCUT2D eigenvalue weighted by Crippen LogP contribution is -2.52. The van der Waals surface area contributed by atoms with Gasteiger partial charge in [-0.05, 0) is 26.1 Å². The van der Waals surface area contributed by atoms with Crippen molar-refractivity contribution in [2.45, 2.75) is 13.8 Å². The molecule has 1 fully saturated rings. The van der Waals surface area contributed by atoms with Crippen LogP contribution < -0.4 is 5.43 Å². The molecule has 2 rings (SSSR count). The third kappa shape index (κ3) is 4.85. The smallest absolute Gasteiger partial charge is 0.409 e. The van der Waals surface area contributed by atoms with Crippen LogP contribution in [0.15, 0.2) is 23.7 Å².